The molecule has 13 nitrogen and oxygen atoms in total. The van der Waals surface area contributed by atoms with Gasteiger partial charge in [-0.3, -0.25) is 14.4 Å². The van der Waals surface area contributed by atoms with E-state index in [-0.39, 0.29) is 35.8 Å². The number of aldehydes is 1. The SMILES string of the molecule is CC.COc1cc(C=O)c(NCC2Cc3ccccc3N2C)cc1OCc1cc(COc2cc3c(cc2OC)C(=O)N2c4ccccc4CC2[C@@H](O)N3)cc(N(C)C(=O)CCC(C)(C)S)c1. The monoisotopic (exact) mass is 915 g/mol. The molecule has 2 amide bonds. The lowest BCUT2D eigenvalue weighted by molar-refractivity contribution is -0.118. The molecule has 3 heterocycles. The molecule has 3 aliphatic rings. The van der Waals surface area contributed by atoms with Crippen LogP contribution in [0.25, 0.3) is 0 Å². The highest BCUT2D eigenvalue weighted by Gasteiger charge is 2.42. The first-order valence-corrected chi connectivity index (χ1v) is 22.9. The average molecular weight is 916 g/mol. The molecule has 348 valence electrons. The Morgan fingerprint density at radius 2 is 1.48 bits per heavy atom. The highest BCUT2D eigenvalue weighted by Crippen LogP contribution is 2.42. The van der Waals surface area contributed by atoms with Crippen LogP contribution in [0.1, 0.15) is 83.5 Å². The molecule has 3 N–H and O–H groups in total. The van der Waals surface area contributed by atoms with Crippen molar-refractivity contribution in [3.05, 3.63) is 124 Å². The smallest absolute Gasteiger partial charge is 0.260 e. The van der Waals surface area contributed by atoms with Crippen LogP contribution in [0.15, 0.2) is 91.0 Å². The second kappa shape index (κ2) is 20.4. The van der Waals surface area contributed by atoms with E-state index < -0.39 is 12.3 Å². The summed E-state index contributed by atoms with van der Waals surface area (Å²) in [6, 6.07) is 28.2. The standard InChI is InChI=1S/C50H55N5O8S.C2H6/c1-50(2,64)16-15-47(57)54(4)35-18-30(28-62-45-24-38(34(27-56)22-43(45)60-5)51-26-36-20-32-11-7-9-13-40(32)53(36)3)17-31(19-35)29-63-46-25-39-37(23-44(46)61-6)49(59)55-41-14-10-8-12-33(41)21-42(55)48(58)52-39;1-2/h7-14,17-19,22-25,27,36,42,48,51-52,58,64H,15-16,20-21,26,28-29H2,1-6H3;1-2H3/t36?,42?,48-;/m1./s1. The number of fused-ring (bicyclic) bond motifs is 5. The van der Waals surface area contributed by atoms with Crippen LogP contribution in [0.2, 0.25) is 0 Å². The second-order valence-electron chi connectivity index (χ2n) is 17.3. The Labute approximate surface area is 393 Å². The summed E-state index contributed by atoms with van der Waals surface area (Å²) in [4.78, 5) is 45.4. The number of thiol groups is 1. The molecule has 5 aromatic rings. The summed E-state index contributed by atoms with van der Waals surface area (Å²) in [5.74, 6) is 1.21. The number of aliphatic hydroxyl groups excluding tert-OH is 1. The number of nitrogens with zero attached hydrogens (tertiary/aromatic N) is 3. The Morgan fingerprint density at radius 3 is 2.11 bits per heavy atom. The first kappa shape index (κ1) is 47.6. The van der Waals surface area contributed by atoms with Crippen molar-refractivity contribution in [1.29, 1.82) is 0 Å². The lowest BCUT2D eigenvalue weighted by Crippen LogP contribution is -2.45. The van der Waals surface area contributed by atoms with Crippen LogP contribution in [-0.2, 0) is 30.8 Å². The number of likely N-dealkylation sites (N-methyl/N-ethyl adjacent to an activating group) is 1. The minimum Gasteiger partial charge on any atom is -0.493 e. The molecule has 0 saturated carbocycles. The second-order valence-corrected chi connectivity index (χ2v) is 18.5. The maximum absolute atomic E-state index is 14.1. The number of rotatable bonds is 16. The summed E-state index contributed by atoms with van der Waals surface area (Å²) in [5.41, 5.74) is 8.21. The number of nitrogens with one attached hydrogen (secondary N) is 2. The summed E-state index contributed by atoms with van der Waals surface area (Å²) in [5, 5.41) is 18.0. The number of benzene rings is 5. The van der Waals surface area contributed by atoms with E-state index in [1.54, 1.807) is 41.1 Å². The van der Waals surface area contributed by atoms with E-state index in [4.69, 9.17) is 18.9 Å². The summed E-state index contributed by atoms with van der Waals surface area (Å²) in [6.45, 7) is 8.71. The van der Waals surface area contributed by atoms with Crippen molar-refractivity contribution >= 4 is 59.2 Å². The highest BCUT2D eigenvalue weighted by molar-refractivity contribution is 7.81. The fraction of sp³-hybridized carbons (Fsp3) is 0.365. The fourth-order valence-corrected chi connectivity index (χ4v) is 8.85. The maximum atomic E-state index is 14.1. The maximum Gasteiger partial charge on any atom is 0.260 e. The van der Waals surface area contributed by atoms with E-state index in [1.807, 2.05) is 76.2 Å². The minimum atomic E-state index is -1.04. The Morgan fingerprint density at radius 1 is 0.879 bits per heavy atom. The van der Waals surface area contributed by atoms with Crippen LogP contribution in [0.5, 0.6) is 23.0 Å². The molecule has 2 unspecified atom stereocenters. The van der Waals surface area contributed by atoms with Gasteiger partial charge in [-0.25, -0.2) is 0 Å². The Bertz CT molecular complexity index is 2580. The highest BCUT2D eigenvalue weighted by atomic mass is 32.1. The summed E-state index contributed by atoms with van der Waals surface area (Å²) < 4.78 is 24.0. The molecule has 0 aliphatic carbocycles. The number of anilines is 5. The predicted octanol–water partition coefficient (Wildman–Crippen LogP) is 8.94. The molecular formula is C52H61N5O8S. The molecule has 3 aliphatic heterocycles. The van der Waals surface area contributed by atoms with Gasteiger partial charge in [0.25, 0.3) is 5.91 Å². The van der Waals surface area contributed by atoms with Gasteiger partial charge in [0.15, 0.2) is 29.3 Å². The number of ether oxygens (including phenoxy) is 4. The van der Waals surface area contributed by atoms with E-state index in [0.717, 1.165) is 35.1 Å². The first-order chi connectivity index (χ1) is 31.7. The quantitative estimate of drug-likeness (QED) is 0.0557. The molecule has 8 rings (SSSR count). The third-order valence-corrected chi connectivity index (χ3v) is 12.6. The van der Waals surface area contributed by atoms with Gasteiger partial charge in [-0.1, -0.05) is 64.1 Å². The molecule has 0 aromatic heterocycles. The zero-order chi connectivity index (χ0) is 47.3. The van der Waals surface area contributed by atoms with E-state index >= 15 is 0 Å². The molecule has 0 saturated heterocycles. The molecule has 66 heavy (non-hydrogen) atoms. The summed E-state index contributed by atoms with van der Waals surface area (Å²) in [7, 11) is 6.86. The van der Waals surface area contributed by atoms with Crippen LogP contribution >= 0.6 is 12.6 Å². The Kier molecular flexibility index (Phi) is 14.7. The van der Waals surface area contributed by atoms with Gasteiger partial charge in [0, 0.05) is 72.3 Å². The molecule has 0 radical (unpaired) electrons. The lowest BCUT2D eigenvalue weighted by atomic mass is 10.1. The van der Waals surface area contributed by atoms with Crippen LogP contribution in [-0.4, -0.2) is 81.1 Å². The number of para-hydroxylation sites is 2. The van der Waals surface area contributed by atoms with Gasteiger partial charge in [-0.05, 0) is 84.0 Å². The van der Waals surface area contributed by atoms with E-state index in [0.29, 0.717) is 77.0 Å². The number of methoxy groups -OCH3 is 2. The third kappa shape index (κ3) is 10.2. The molecule has 5 aromatic carbocycles. The molecule has 0 spiro atoms. The summed E-state index contributed by atoms with van der Waals surface area (Å²) in [6.07, 6.45) is 2.05. The number of hydrogen-bond acceptors (Lipinski definition) is 12. The number of aliphatic hydroxyl groups is 1. The van der Waals surface area contributed by atoms with Crippen molar-refractivity contribution in [3.63, 3.8) is 0 Å². The lowest BCUT2D eigenvalue weighted by Gasteiger charge is -2.26. The summed E-state index contributed by atoms with van der Waals surface area (Å²) >= 11 is 4.63. The molecule has 0 bridgehead atoms. The van der Waals surface area contributed by atoms with Crippen LogP contribution in [0, 0.1) is 0 Å². The molecule has 14 heteroatoms. The number of hydrogen-bond donors (Lipinski definition) is 4. The topological polar surface area (TPSA) is 142 Å². The zero-order valence-electron chi connectivity index (χ0n) is 39.0. The number of carbonyl (C=O) groups is 3. The molecule has 3 atom stereocenters. The molecule has 0 fully saturated rings. The van der Waals surface area contributed by atoms with Gasteiger partial charge < -0.3 is 49.4 Å². The van der Waals surface area contributed by atoms with Crippen molar-refractivity contribution < 1.29 is 38.4 Å². The van der Waals surface area contributed by atoms with E-state index in [2.05, 4.69) is 53.4 Å². The van der Waals surface area contributed by atoms with Crippen molar-refractivity contribution in [2.75, 3.05) is 60.2 Å². The van der Waals surface area contributed by atoms with Gasteiger partial charge in [0.2, 0.25) is 5.91 Å². The number of amides is 2. The molecular weight excluding hydrogens is 855 g/mol. The average Bonchev–Trinajstić information content (AvgIpc) is 3.85. The fourth-order valence-electron chi connectivity index (χ4n) is 8.74. The van der Waals surface area contributed by atoms with Crippen LogP contribution < -0.4 is 44.3 Å². The van der Waals surface area contributed by atoms with Gasteiger partial charge in [-0.15, -0.1) is 0 Å². The largest absolute Gasteiger partial charge is 0.493 e. The predicted molar refractivity (Wildman–Crippen MR) is 265 cm³/mol. The Balaban J connectivity index is 0.00000320. The normalized spacial score (nSPS) is 16.9. The van der Waals surface area contributed by atoms with Crippen molar-refractivity contribution in [2.45, 2.75) is 89.7 Å². The number of carbonyl (C=O) groups excluding carboxylic acids is 3. The van der Waals surface area contributed by atoms with Gasteiger partial charge in [0.1, 0.15) is 19.4 Å². The van der Waals surface area contributed by atoms with Crippen molar-refractivity contribution in [3.8, 4) is 23.0 Å². The minimum absolute atomic E-state index is 0.0607. The van der Waals surface area contributed by atoms with Crippen LogP contribution in [0.3, 0.4) is 0 Å². The van der Waals surface area contributed by atoms with Gasteiger partial charge >= 0.3 is 0 Å². The van der Waals surface area contributed by atoms with Gasteiger partial charge in [-0.2, -0.15) is 12.6 Å². The van der Waals surface area contributed by atoms with E-state index in [9.17, 15) is 19.5 Å². The van der Waals surface area contributed by atoms with Crippen molar-refractivity contribution in [2.24, 2.45) is 0 Å². The van der Waals surface area contributed by atoms with Crippen molar-refractivity contribution in [1.82, 2.24) is 0 Å². The van der Waals surface area contributed by atoms with Crippen LogP contribution in [0.4, 0.5) is 28.4 Å². The third-order valence-electron chi connectivity index (χ3n) is 12.3. The van der Waals surface area contributed by atoms with Gasteiger partial charge in [0.05, 0.1) is 37.6 Å². The van der Waals surface area contributed by atoms with E-state index in [1.165, 1.54) is 25.5 Å². The Hall–Kier alpha value is -6.38. The first-order valence-electron chi connectivity index (χ1n) is 22.4. The zero-order valence-corrected chi connectivity index (χ0v) is 39.9.